The highest BCUT2D eigenvalue weighted by atomic mass is 16.5. The largest absolute Gasteiger partial charge is 0.382 e. The van der Waals surface area contributed by atoms with Gasteiger partial charge in [0.15, 0.2) is 0 Å². The molecule has 2 rings (SSSR count). The molecule has 2 unspecified atom stereocenters. The molecule has 0 saturated heterocycles. The van der Waals surface area contributed by atoms with E-state index in [-0.39, 0.29) is 5.41 Å². The number of nitrogens with one attached hydrogen (secondary N) is 1. The third-order valence-electron chi connectivity index (χ3n) is 4.38. The van der Waals surface area contributed by atoms with E-state index in [0.29, 0.717) is 12.1 Å². The maximum absolute atomic E-state index is 5.77. The molecule has 0 aromatic heterocycles. The zero-order valence-corrected chi connectivity index (χ0v) is 12.7. The number of anilines is 1. The molecule has 0 radical (unpaired) electrons. The van der Waals surface area contributed by atoms with E-state index in [1.54, 1.807) is 0 Å². The molecule has 1 aromatic carbocycles. The van der Waals surface area contributed by atoms with E-state index >= 15 is 0 Å². The summed E-state index contributed by atoms with van der Waals surface area (Å²) in [7, 11) is 0. The molecule has 1 aliphatic rings. The molecule has 1 aromatic rings. The van der Waals surface area contributed by atoms with E-state index in [1.165, 1.54) is 24.1 Å². The van der Waals surface area contributed by atoms with Crippen LogP contribution < -0.4 is 5.32 Å². The van der Waals surface area contributed by atoms with Crippen LogP contribution in [-0.4, -0.2) is 18.8 Å². The van der Waals surface area contributed by atoms with E-state index in [4.69, 9.17) is 4.74 Å². The topological polar surface area (TPSA) is 21.3 Å². The minimum atomic E-state index is 0.220. The minimum absolute atomic E-state index is 0.220. The first-order valence-corrected chi connectivity index (χ1v) is 7.55. The molecule has 0 aliphatic heterocycles. The molecular formula is C17H27NO. The summed E-state index contributed by atoms with van der Waals surface area (Å²) in [4.78, 5) is 0. The highest BCUT2D eigenvalue weighted by Crippen LogP contribution is 2.44. The van der Waals surface area contributed by atoms with Crippen molar-refractivity contribution in [1.82, 2.24) is 0 Å². The van der Waals surface area contributed by atoms with Gasteiger partial charge in [0.2, 0.25) is 0 Å². The molecule has 1 N–H and O–H groups in total. The molecule has 19 heavy (non-hydrogen) atoms. The van der Waals surface area contributed by atoms with Crippen molar-refractivity contribution in [2.75, 3.05) is 11.9 Å². The fraction of sp³-hybridized carbons (Fsp3) is 0.647. The van der Waals surface area contributed by atoms with Crippen LogP contribution in [0.3, 0.4) is 0 Å². The lowest BCUT2D eigenvalue weighted by molar-refractivity contribution is -0.0975. The fourth-order valence-corrected chi connectivity index (χ4v) is 2.87. The normalized spacial score (nSPS) is 24.8. The van der Waals surface area contributed by atoms with Gasteiger partial charge >= 0.3 is 0 Å². The lowest BCUT2D eigenvalue weighted by Gasteiger charge is -2.52. The predicted molar refractivity (Wildman–Crippen MR) is 81.7 cm³/mol. The molecule has 2 nitrogen and oxygen atoms in total. The third kappa shape index (κ3) is 3.11. The maximum Gasteiger partial charge on any atom is 0.0665 e. The Kier molecular flexibility index (Phi) is 4.51. The summed E-state index contributed by atoms with van der Waals surface area (Å²) in [5.74, 6) is 0. The predicted octanol–water partition coefficient (Wildman–Crippen LogP) is 4.25. The Bertz CT molecular complexity index is 396. The minimum Gasteiger partial charge on any atom is -0.382 e. The summed E-state index contributed by atoms with van der Waals surface area (Å²) in [5, 5.41) is 3.65. The smallest absolute Gasteiger partial charge is 0.0665 e. The second kappa shape index (κ2) is 5.96. The van der Waals surface area contributed by atoms with Crippen molar-refractivity contribution in [2.24, 2.45) is 5.41 Å². The average molecular weight is 261 g/mol. The van der Waals surface area contributed by atoms with E-state index in [0.717, 1.165) is 13.0 Å². The van der Waals surface area contributed by atoms with Crippen molar-refractivity contribution in [2.45, 2.75) is 59.1 Å². The summed E-state index contributed by atoms with van der Waals surface area (Å²) >= 11 is 0. The fourth-order valence-electron chi connectivity index (χ4n) is 2.87. The second-order valence-electron chi connectivity index (χ2n) is 6.14. The van der Waals surface area contributed by atoms with Crippen LogP contribution in [0.25, 0.3) is 0 Å². The van der Waals surface area contributed by atoms with Gasteiger partial charge in [0, 0.05) is 23.8 Å². The van der Waals surface area contributed by atoms with Crippen molar-refractivity contribution in [3.8, 4) is 0 Å². The van der Waals surface area contributed by atoms with Gasteiger partial charge in [0.05, 0.1) is 6.10 Å². The Morgan fingerprint density at radius 1 is 1.21 bits per heavy atom. The summed E-state index contributed by atoms with van der Waals surface area (Å²) in [6.45, 7) is 9.69. The monoisotopic (exact) mass is 261 g/mol. The highest BCUT2D eigenvalue weighted by molar-refractivity contribution is 5.46. The Morgan fingerprint density at radius 3 is 2.42 bits per heavy atom. The molecule has 0 bridgehead atoms. The van der Waals surface area contributed by atoms with Crippen molar-refractivity contribution >= 4 is 5.69 Å². The number of aryl methyl sites for hydroxylation is 1. The van der Waals surface area contributed by atoms with Gasteiger partial charge < -0.3 is 10.1 Å². The van der Waals surface area contributed by atoms with E-state index < -0.39 is 0 Å². The van der Waals surface area contributed by atoms with Gasteiger partial charge in [-0.25, -0.2) is 0 Å². The summed E-state index contributed by atoms with van der Waals surface area (Å²) in [6, 6.07) is 9.39. The Balaban J connectivity index is 1.92. The standard InChI is InChI=1S/C17H27NO/c1-5-7-13-8-10-14(11-9-13)18-15-12-16(19-6-2)17(15,3)4/h8-11,15-16,18H,5-7,12H2,1-4H3. The zero-order chi connectivity index (χ0) is 13.9. The van der Waals surface area contributed by atoms with Gasteiger partial charge in [-0.1, -0.05) is 39.3 Å². The molecule has 2 heteroatoms. The molecule has 1 saturated carbocycles. The van der Waals surface area contributed by atoms with Crippen molar-refractivity contribution < 1.29 is 4.74 Å². The number of hydrogen-bond acceptors (Lipinski definition) is 2. The van der Waals surface area contributed by atoms with Gasteiger partial charge in [-0.15, -0.1) is 0 Å². The maximum atomic E-state index is 5.77. The van der Waals surface area contributed by atoms with Gasteiger partial charge in [0.25, 0.3) is 0 Å². The summed E-state index contributed by atoms with van der Waals surface area (Å²) < 4.78 is 5.77. The molecule has 0 amide bonds. The van der Waals surface area contributed by atoms with Crippen LogP contribution in [0.15, 0.2) is 24.3 Å². The van der Waals surface area contributed by atoms with Crippen LogP contribution in [0.2, 0.25) is 0 Å². The Hall–Kier alpha value is -1.02. The Morgan fingerprint density at radius 2 is 1.89 bits per heavy atom. The molecule has 1 fully saturated rings. The lowest BCUT2D eigenvalue weighted by Crippen LogP contribution is -2.58. The second-order valence-corrected chi connectivity index (χ2v) is 6.14. The first-order chi connectivity index (χ1) is 9.07. The van der Waals surface area contributed by atoms with E-state index in [1.807, 2.05) is 0 Å². The third-order valence-corrected chi connectivity index (χ3v) is 4.38. The average Bonchev–Trinajstić information content (AvgIpc) is 2.40. The highest BCUT2D eigenvalue weighted by Gasteiger charge is 2.48. The van der Waals surface area contributed by atoms with Crippen LogP contribution in [0.4, 0.5) is 5.69 Å². The zero-order valence-electron chi connectivity index (χ0n) is 12.7. The van der Waals surface area contributed by atoms with Crippen LogP contribution in [0.5, 0.6) is 0 Å². The van der Waals surface area contributed by atoms with Crippen molar-refractivity contribution in [3.05, 3.63) is 29.8 Å². The molecule has 2 atom stereocenters. The SMILES string of the molecule is CCCc1ccc(NC2CC(OCC)C2(C)C)cc1. The molecular weight excluding hydrogens is 234 g/mol. The van der Waals surface area contributed by atoms with Crippen molar-refractivity contribution in [1.29, 1.82) is 0 Å². The molecule has 1 aliphatic carbocycles. The van der Waals surface area contributed by atoms with Crippen LogP contribution in [-0.2, 0) is 11.2 Å². The summed E-state index contributed by atoms with van der Waals surface area (Å²) in [5.41, 5.74) is 2.87. The van der Waals surface area contributed by atoms with Crippen LogP contribution >= 0.6 is 0 Å². The first kappa shape index (κ1) is 14.4. The van der Waals surface area contributed by atoms with Crippen molar-refractivity contribution in [3.63, 3.8) is 0 Å². The van der Waals surface area contributed by atoms with Gasteiger partial charge in [-0.3, -0.25) is 0 Å². The van der Waals surface area contributed by atoms with Gasteiger partial charge in [-0.2, -0.15) is 0 Å². The number of ether oxygens (including phenoxy) is 1. The lowest BCUT2D eigenvalue weighted by atomic mass is 9.64. The Labute approximate surface area is 117 Å². The number of rotatable bonds is 6. The number of benzene rings is 1. The summed E-state index contributed by atoms with van der Waals surface area (Å²) in [6.07, 6.45) is 3.88. The first-order valence-electron chi connectivity index (χ1n) is 7.55. The van der Waals surface area contributed by atoms with E-state index in [9.17, 15) is 0 Å². The van der Waals surface area contributed by atoms with Crippen LogP contribution in [0, 0.1) is 5.41 Å². The quantitative estimate of drug-likeness (QED) is 0.826. The van der Waals surface area contributed by atoms with E-state index in [2.05, 4.69) is 57.3 Å². The van der Waals surface area contributed by atoms with Gasteiger partial charge in [0.1, 0.15) is 0 Å². The molecule has 106 valence electrons. The van der Waals surface area contributed by atoms with Gasteiger partial charge in [-0.05, 0) is 37.5 Å². The van der Waals surface area contributed by atoms with Crippen LogP contribution in [0.1, 0.15) is 46.1 Å². The molecule has 0 heterocycles. The molecule has 0 spiro atoms. The number of hydrogen-bond donors (Lipinski definition) is 1.